The van der Waals surface area contributed by atoms with Gasteiger partial charge in [0.25, 0.3) is 0 Å². The Morgan fingerprint density at radius 3 is 3.00 bits per heavy atom. The largest absolute Gasteiger partial charge is 0.481 e. The summed E-state index contributed by atoms with van der Waals surface area (Å²) in [5.41, 5.74) is 1.60. The molecule has 6 heteroatoms. The predicted octanol–water partition coefficient (Wildman–Crippen LogP) is 2.83. The first-order chi connectivity index (χ1) is 9.15. The Bertz CT molecular complexity index is 634. The first-order valence-electron chi connectivity index (χ1n) is 6.38. The number of carboxylic acid groups (broad SMARTS) is 1. The zero-order valence-electron chi connectivity index (χ0n) is 10.3. The molecule has 2 heterocycles. The Morgan fingerprint density at radius 2 is 2.32 bits per heavy atom. The smallest absolute Gasteiger partial charge is 0.303 e. The molecule has 0 spiro atoms. The highest BCUT2D eigenvalue weighted by Gasteiger charge is 2.29. The van der Waals surface area contributed by atoms with Crippen molar-refractivity contribution in [3.05, 3.63) is 23.1 Å². The van der Waals surface area contributed by atoms with Crippen LogP contribution < -0.4 is 0 Å². The third kappa shape index (κ3) is 2.56. The number of imidazole rings is 1. The van der Waals surface area contributed by atoms with Crippen LogP contribution in [0.2, 0.25) is 5.02 Å². The lowest BCUT2D eigenvalue weighted by molar-refractivity contribution is -0.137. The molecule has 1 fully saturated rings. The van der Waals surface area contributed by atoms with Gasteiger partial charge in [0.2, 0.25) is 0 Å². The minimum absolute atomic E-state index is 0.164. The topological polar surface area (TPSA) is 68.0 Å². The Morgan fingerprint density at radius 1 is 1.53 bits per heavy atom. The molecule has 1 aliphatic rings. The van der Waals surface area contributed by atoms with Gasteiger partial charge in [0.05, 0.1) is 5.02 Å². The summed E-state index contributed by atoms with van der Waals surface area (Å²) in [4.78, 5) is 19.5. The van der Waals surface area contributed by atoms with Gasteiger partial charge in [-0.1, -0.05) is 11.6 Å². The standard InChI is InChI=1S/C13H14ClN3O2/c14-9-6-10-13(15-7-9)17(5-1-2-11(18)19)12(16-10)8-3-4-8/h6-8H,1-5H2,(H,18,19). The van der Waals surface area contributed by atoms with Crippen LogP contribution in [-0.4, -0.2) is 25.6 Å². The SMILES string of the molecule is O=C(O)CCCn1c(C2CC2)nc2cc(Cl)cnc21. The number of aliphatic carboxylic acids is 1. The molecule has 100 valence electrons. The second-order valence-electron chi connectivity index (χ2n) is 4.89. The molecule has 0 amide bonds. The minimum atomic E-state index is -0.770. The van der Waals surface area contributed by atoms with E-state index >= 15 is 0 Å². The number of halogens is 1. The maximum absolute atomic E-state index is 10.6. The van der Waals surface area contributed by atoms with Crippen LogP contribution in [0.1, 0.15) is 37.4 Å². The molecule has 0 bridgehead atoms. The highest BCUT2D eigenvalue weighted by atomic mass is 35.5. The fourth-order valence-electron chi connectivity index (χ4n) is 2.27. The zero-order chi connectivity index (χ0) is 13.4. The van der Waals surface area contributed by atoms with Crippen molar-refractivity contribution in [3.8, 4) is 0 Å². The van der Waals surface area contributed by atoms with Gasteiger partial charge in [-0.3, -0.25) is 4.79 Å². The normalized spacial score (nSPS) is 15.0. The van der Waals surface area contributed by atoms with Gasteiger partial charge in [-0.15, -0.1) is 0 Å². The van der Waals surface area contributed by atoms with Crippen LogP contribution in [0.15, 0.2) is 12.3 Å². The number of aryl methyl sites for hydroxylation is 1. The molecular formula is C13H14ClN3O2. The number of carboxylic acids is 1. The van der Waals surface area contributed by atoms with Crippen molar-refractivity contribution in [2.75, 3.05) is 0 Å². The van der Waals surface area contributed by atoms with Crippen molar-refractivity contribution in [2.24, 2.45) is 0 Å². The number of carbonyl (C=O) groups is 1. The molecule has 1 saturated carbocycles. The van der Waals surface area contributed by atoms with Crippen LogP contribution in [0.4, 0.5) is 0 Å². The summed E-state index contributed by atoms with van der Waals surface area (Å²) in [6, 6.07) is 1.81. The summed E-state index contributed by atoms with van der Waals surface area (Å²) in [6.45, 7) is 0.642. The van der Waals surface area contributed by atoms with E-state index < -0.39 is 5.97 Å². The van der Waals surface area contributed by atoms with Gasteiger partial charge in [0.1, 0.15) is 11.3 Å². The summed E-state index contributed by atoms with van der Waals surface area (Å²) in [5.74, 6) is 0.751. The molecule has 19 heavy (non-hydrogen) atoms. The van der Waals surface area contributed by atoms with Gasteiger partial charge in [0, 0.05) is 25.1 Å². The highest BCUT2D eigenvalue weighted by Crippen LogP contribution is 2.40. The quantitative estimate of drug-likeness (QED) is 0.914. The van der Waals surface area contributed by atoms with Crippen LogP contribution in [0.5, 0.6) is 0 Å². The van der Waals surface area contributed by atoms with E-state index in [-0.39, 0.29) is 6.42 Å². The number of fused-ring (bicyclic) bond motifs is 1. The summed E-state index contributed by atoms with van der Waals surface area (Å²) < 4.78 is 2.05. The van der Waals surface area contributed by atoms with Gasteiger partial charge < -0.3 is 9.67 Å². The maximum Gasteiger partial charge on any atom is 0.303 e. The highest BCUT2D eigenvalue weighted by molar-refractivity contribution is 6.31. The first-order valence-corrected chi connectivity index (χ1v) is 6.76. The van der Waals surface area contributed by atoms with E-state index in [1.807, 2.05) is 10.6 Å². The lowest BCUT2D eigenvalue weighted by Gasteiger charge is -2.06. The molecule has 5 nitrogen and oxygen atoms in total. The molecule has 1 N–H and O–H groups in total. The number of hydrogen-bond acceptors (Lipinski definition) is 3. The Balaban J connectivity index is 1.94. The molecule has 1 aliphatic carbocycles. The van der Waals surface area contributed by atoms with Crippen LogP contribution in [-0.2, 0) is 11.3 Å². The molecule has 2 aromatic heterocycles. The Kier molecular flexibility index (Phi) is 3.14. The van der Waals surface area contributed by atoms with E-state index in [1.54, 1.807) is 6.20 Å². The van der Waals surface area contributed by atoms with Gasteiger partial charge in [-0.2, -0.15) is 0 Å². The molecule has 3 rings (SSSR count). The van der Waals surface area contributed by atoms with E-state index in [4.69, 9.17) is 16.7 Å². The van der Waals surface area contributed by atoms with E-state index in [1.165, 1.54) is 0 Å². The fraction of sp³-hybridized carbons (Fsp3) is 0.462. The lowest BCUT2D eigenvalue weighted by Crippen LogP contribution is -2.06. The Hall–Kier alpha value is -1.62. The van der Waals surface area contributed by atoms with Gasteiger partial charge >= 0.3 is 5.97 Å². The fourth-order valence-corrected chi connectivity index (χ4v) is 2.42. The first kappa shape index (κ1) is 12.4. The lowest BCUT2D eigenvalue weighted by atomic mass is 10.3. The summed E-state index contributed by atoms with van der Waals surface area (Å²) in [5, 5.41) is 9.30. The zero-order valence-corrected chi connectivity index (χ0v) is 11.1. The third-order valence-electron chi connectivity index (χ3n) is 3.30. The summed E-state index contributed by atoms with van der Waals surface area (Å²) >= 11 is 5.93. The van der Waals surface area contributed by atoms with E-state index in [2.05, 4.69) is 9.97 Å². The van der Waals surface area contributed by atoms with Crippen molar-refractivity contribution in [2.45, 2.75) is 38.1 Å². The molecule has 0 saturated heterocycles. The molecule has 0 unspecified atom stereocenters. The van der Waals surface area contributed by atoms with Crippen molar-refractivity contribution in [1.82, 2.24) is 14.5 Å². The van der Waals surface area contributed by atoms with Crippen molar-refractivity contribution in [1.29, 1.82) is 0 Å². The number of aromatic nitrogens is 3. The van der Waals surface area contributed by atoms with Gasteiger partial charge in [-0.05, 0) is 25.3 Å². The number of pyridine rings is 1. The molecule has 0 radical (unpaired) electrons. The second kappa shape index (κ2) is 4.81. The minimum Gasteiger partial charge on any atom is -0.481 e. The summed E-state index contributed by atoms with van der Waals surface area (Å²) in [7, 11) is 0. The van der Waals surface area contributed by atoms with E-state index in [0.717, 1.165) is 29.8 Å². The number of hydrogen-bond donors (Lipinski definition) is 1. The molecule has 0 atom stereocenters. The average molecular weight is 280 g/mol. The molecule has 0 aliphatic heterocycles. The average Bonchev–Trinajstić information content (AvgIpc) is 3.13. The van der Waals surface area contributed by atoms with Crippen LogP contribution >= 0.6 is 11.6 Å². The molecule has 0 aromatic carbocycles. The van der Waals surface area contributed by atoms with E-state index in [9.17, 15) is 4.79 Å². The number of nitrogens with zero attached hydrogens (tertiary/aromatic N) is 3. The molecular weight excluding hydrogens is 266 g/mol. The Labute approximate surface area is 115 Å². The van der Waals surface area contributed by atoms with Gasteiger partial charge in [-0.25, -0.2) is 9.97 Å². The van der Waals surface area contributed by atoms with E-state index in [0.29, 0.717) is 23.9 Å². The van der Waals surface area contributed by atoms with Gasteiger partial charge in [0.15, 0.2) is 5.65 Å². The predicted molar refractivity (Wildman–Crippen MR) is 71.4 cm³/mol. The van der Waals surface area contributed by atoms with Crippen LogP contribution in [0.25, 0.3) is 11.2 Å². The van der Waals surface area contributed by atoms with Crippen molar-refractivity contribution >= 4 is 28.7 Å². The third-order valence-corrected chi connectivity index (χ3v) is 3.50. The second-order valence-corrected chi connectivity index (χ2v) is 5.33. The van der Waals surface area contributed by atoms with Crippen LogP contribution in [0, 0.1) is 0 Å². The monoisotopic (exact) mass is 279 g/mol. The maximum atomic E-state index is 10.6. The van der Waals surface area contributed by atoms with Crippen LogP contribution in [0.3, 0.4) is 0 Å². The van der Waals surface area contributed by atoms with Crippen molar-refractivity contribution in [3.63, 3.8) is 0 Å². The number of rotatable bonds is 5. The summed E-state index contributed by atoms with van der Waals surface area (Å²) in [6.07, 6.45) is 4.66. The van der Waals surface area contributed by atoms with Crippen molar-refractivity contribution < 1.29 is 9.90 Å². The molecule has 2 aromatic rings.